The highest BCUT2D eigenvalue weighted by molar-refractivity contribution is 5.90. The molecule has 140 valence electrons. The van der Waals surface area contributed by atoms with Crippen LogP contribution in [0.4, 0.5) is 0 Å². The second kappa shape index (κ2) is 11.5. The molecule has 0 atom stereocenters. The number of rotatable bonds is 11. The van der Waals surface area contributed by atoms with Crippen LogP contribution < -0.4 is 0 Å². The minimum Gasteiger partial charge on any atom is -0.462 e. The van der Waals surface area contributed by atoms with Crippen LogP contribution in [0, 0.1) is 0 Å². The molecule has 0 aliphatic heterocycles. The van der Waals surface area contributed by atoms with Crippen LogP contribution in [-0.4, -0.2) is 25.8 Å². The summed E-state index contributed by atoms with van der Waals surface area (Å²) in [6.07, 6.45) is 5.16. The molecular formula is C23H30O3. The number of hydrogen-bond acceptors (Lipinski definition) is 3. The highest BCUT2D eigenvalue weighted by atomic mass is 16.5. The van der Waals surface area contributed by atoms with Crippen LogP contribution in [0.25, 0.3) is 11.1 Å². The van der Waals surface area contributed by atoms with Gasteiger partial charge in [0.15, 0.2) is 0 Å². The first kappa shape index (κ1) is 20.2. The van der Waals surface area contributed by atoms with Crippen LogP contribution in [0.3, 0.4) is 0 Å². The number of benzene rings is 2. The molecule has 3 heteroatoms. The summed E-state index contributed by atoms with van der Waals surface area (Å²) in [5.74, 6) is -0.273. The Labute approximate surface area is 157 Å². The second-order valence-electron chi connectivity index (χ2n) is 6.48. The summed E-state index contributed by atoms with van der Waals surface area (Å²) in [6, 6.07) is 16.2. The third kappa shape index (κ3) is 6.64. The molecule has 0 fully saturated rings. The molecular weight excluding hydrogens is 324 g/mol. The van der Waals surface area contributed by atoms with E-state index in [0.29, 0.717) is 18.8 Å². The molecule has 0 N–H and O–H groups in total. The summed E-state index contributed by atoms with van der Waals surface area (Å²) >= 11 is 0. The maximum Gasteiger partial charge on any atom is 0.338 e. The summed E-state index contributed by atoms with van der Waals surface area (Å²) in [7, 11) is 0. The quantitative estimate of drug-likeness (QED) is 0.385. The Morgan fingerprint density at radius 2 is 1.62 bits per heavy atom. The van der Waals surface area contributed by atoms with Gasteiger partial charge in [-0.3, -0.25) is 0 Å². The Morgan fingerprint density at radius 3 is 2.35 bits per heavy atom. The van der Waals surface area contributed by atoms with E-state index in [4.69, 9.17) is 9.47 Å². The molecule has 2 rings (SSSR count). The number of unbranched alkanes of at least 4 members (excludes halogenated alkanes) is 1. The van der Waals surface area contributed by atoms with Crippen LogP contribution in [0.2, 0.25) is 0 Å². The van der Waals surface area contributed by atoms with Gasteiger partial charge in [0.1, 0.15) is 0 Å². The molecule has 0 spiro atoms. The predicted octanol–water partition coefficient (Wildman–Crippen LogP) is 5.67. The molecule has 0 amide bonds. The molecule has 2 aromatic carbocycles. The van der Waals surface area contributed by atoms with Crippen LogP contribution >= 0.6 is 0 Å². The Hall–Kier alpha value is -2.13. The van der Waals surface area contributed by atoms with Crippen molar-refractivity contribution in [2.24, 2.45) is 0 Å². The molecule has 0 aromatic heterocycles. The van der Waals surface area contributed by atoms with E-state index in [1.807, 2.05) is 24.3 Å². The van der Waals surface area contributed by atoms with Crippen molar-refractivity contribution in [2.45, 2.75) is 46.0 Å². The first-order chi connectivity index (χ1) is 12.7. The van der Waals surface area contributed by atoms with E-state index in [1.54, 1.807) is 0 Å². The predicted molar refractivity (Wildman–Crippen MR) is 106 cm³/mol. The lowest BCUT2D eigenvalue weighted by Gasteiger charge is -2.08. The average molecular weight is 354 g/mol. The van der Waals surface area contributed by atoms with Gasteiger partial charge in [-0.15, -0.1) is 0 Å². The zero-order valence-electron chi connectivity index (χ0n) is 16.0. The van der Waals surface area contributed by atoms with Gasteiger partial charge in [-0.1, -0.05) is 63.1 Å². The Kier molecular flexibility index (Phi) is 8.91. The van der Waals surface area contributed by atoms with E-state index in [2.05, 4.69) is 38.1 Å². The molecule has 0 heterocycles. The molecule has 0 unspecified atom stereocenters. The van der Waals surface area contributed by atoms with Crippen LogP contribution in [0.1, 0.15) is 55.5 Å². The summed E-state index contributed by atoms with van der Waals surface area (Å²) < 4.78 is 10.8. The Morgan fingerprint density at radius 1 is 0.846 bits per heavy atom. The fourth-order valence-corrected chi connectivity index (χ4v) is 2.75. The fraction of sp³-hybridized carbons (Fsp3) is 0.435. The van der Waals surface area contributed by atoms with Crippen LogP contribution in [0.15, 0.2) is 48.5 Å². The van der Waals surface area contributed by atoms with E-state index >= 15 is 0 Å². The van der Waals surface area contributed by atoms with E-state index in [0.717, 1.165) is 44.3 Å². The molecule has 0 bridgehead atoms. The van der Waals surface area contributed by atoms with Gasteiger partial charge in [0, 0.05) is 19.6 Å². The lowest BCUT2D eigenvalue weighted by atomic mass is 10.0. The molecule has 3 nitrogen and oxygen atoms in total. The summed E-state index contributed by atoms with van der Waals surface area (Å²) in [4.78, 5) is 12.1. The molecule has 0 saturated carbocycles. The van der Waals surface area contributed by atoms with Gasteiger partial charge < -0.3 is 9.47 Å². The number of esters is 1. The normalized spacial score (nSPS) is 10.7. The van der Waals surface area contributed by atoms with Crippen molar-refractivity contribution in [1.82, 2.24) is 0 Å². The van der Waals surface area contributed by atoms with Crippen molar-refractivity contribution in [1.29, 1.82) is 0 Å². The molecule has 0 radical (unpaired) electrons. The number of carbonyl (C=O) groups excluding carboxylic acids is 1. The summed E-state index contributed by atoms with van der Waals surface area (Å²) in [5.41, 5.74) is 4.23. The summed E-state index contributed by atoms with van der Waals surface area (Å²) in [5, 5.41) is 0. The van der Waals surface area contributed by atoms with Gasteiger partial charge in [0.05, 0.1) is 12.2 Å². The molecule has 2 aromatic rings. The first-order valence-electron chi connectivity index (χ1n) is 9.68. The lowest BCUT2D eigenvalue weighted by molar-refractivity contribution is 0.0444. The van der Waals surface area contributed by atoms with E-state index in [9.17, 15) is 4.79 Å². The number of ether oxygens (including phenoxy) is 2. The zero-order chi connectivity index (χ0) is 18.6. The minimum absolute atomic E-state index is 0.273. The maximum absolute atomic E-state index is 12.1. The number of carbonyl (C=O) groups is 1. The molecule has 0 aliphatic carbocycles. The third-order valence-electron chi connectivity index (χ3n) is 4.23. The Bertz CT molecular complexity index is 661. The van der Waals surface area contributed by atoms with Crippen molar-refractivity contribution in [3.63, 3.8) is 0 Å². The van der Waals surface area contributed by atoms with Crippen molar-refractivity contribution < 1.29 is 14.3 Å². The minimum atomic E-state index is -0.273. The van der Waals surface area contributed by atoms with Gasteiger partial charge in [0.2, 0.25) is 0 Å². The Balaban J connectivity index is 1.83. The topological polar surface area (TPSA) is 35.5 Å². The molecule has 0 saturated heterocycles. The smallest absolute Gasteiger partial charge is 0.338 e. The van der Waals surface area contributed by atoms with Crippen LogP contribution in [0.5, 0.6) is 0 Å². The fourth-order valence-electron chi connectivity index (χ4n) is 2.75. The van der Waals surface area contributed by atoms with E-state index in [-0.39, 0.29) is 5.97 Å². The van der Waals surface area contributed by atoms with Gasteiger partial charge in [-0.05, 0) is 41.7 Å². The average Bonchev–Trinajstić information content (AvgIpc) is 2.68. The monoisotopic (exact) mass is 354 g/mol. The first-order valence-corrected chi connectivity index (χ1v) is 9.68. The lowest BCUT2D eigenvalue weighted by Crippen LogP contribution is -2.08. The van der Waals surface area contributed by atoms with Gasteiger partial charge >= 0.3 is 5.97 Å². The van der Waals surface area contributed by atoms with Crippen molar-refractivity contribution in [3.8, 4) is 11.1 Å². The standard InChI is InChI=1S/C23H30O3/c1-3-5-15-25-16-7-17-26-23(24)21-13-11-20(12-14-21)22-10-6-9-19(18-22)8-4-2/h6,9-14,18H,3-5,7-8,15-17H2,1-2H3. The van der Waals surface area contributed by atoms with Gasteiger partial charge in [0.25, 0.3) is 0 Å². The summed E-state index contributed by atoms with van der Waals surface area (Å²) in [6.45, 7) is 6.14. The van der Waals surface area contributed by atoms with Crippen molar-refractivity contribution in [3.05, 3.63) is 59.7 Å². The molecule has 26 heavy (non-hydrogen) atoms. The number of hydrogen-bond donors (Lipinski definition) is 0. The van der Waals surface area contributed by atoms with Crippen LogP contribution in [-0.2, 0) is 15.9 Å². The van der Waals surface area contributed by atoms with Gasteiger partial charge in [-0.25, -0.2) is 4.79 Å². The van der Waals surface area contributed by atoms with Crippen molar-refractivity contribution >= 4 is 5.97 Å². The van der Waals surface area contributed by atoms with Gasteiger partial charge in [-0.2, -0.15) is 0 Å². The SMILES string of the molecule is CCCCOCCCOC(=O)c1ccc(-c2cccc(CCC)c2)cc1. The largest absolute Gasteiger partial charge is 0.462 e. The number of aryl methyl sites for hydroxylation is 1. The highest BCUT2D eigenvalue weighted by Crippen LogP contribution is 2.22. The maximum atomic E-state index is 12.1. The van der Waals surface area contributed by atoms with Crippen molar-refractivity contribution in [2.75, 3.05) is 19.8 Å². The zero-order valence-corrected chi connectivity index (χ0v) is 16.0. The second-order valence-corrected chi connectivity index (χ2v) is 6.48. The highest BCUT2D eigenvalue weighted by Gasteiger charge is 2.07. The third-order valence-corrected chi connectivity index (χ3v) is 4.23. The molecule has 0 aliphatic rings. The van der Waals surface area contributed by atoms with E-state index < -0.39 is 0 Å². The van der Waals surface area contributed by atoms with E-state index in [1.165, 1.54) is 11.1 Å².